The Hall–Kier alpha value is -3.88. The van der Waals surface area contributed by atoms with Gasteiger partial charge in [-0.15, -0.1) is 0 Å². The Balaban J connectivity index is 2.09. The van der Waals surface area contributed by atoms with Gasteiger partial charge in [0.05, 0.1) is 19.3 Å². The van der Waals surface area contributed by atoms with Crippen molar-refractivity contribution in [2.24, 2.45) is 0 Å². The lowest BCUT2D eigenvalue weighted by Gasteiger charge is -2.13. The number of hydrogen-bond donors (Lipinski definition) is 4. The number of carbonyl (C=O) groups excluding carboxylic acids is 4. The minimum atomic E-state index is -0.542. The largest absolute Gasteiger partial charge is 0.495 e. The van der Waals surface area contributed by atoms with E-state index in [-0.39, 0.29) is 23.9 Å². The number of anilines is 3. The van der Waals surface area contributed by atoms with Crippen molar-refractivity contribution in [3.63, 3.8) is 0 Å². The van der Waals surface area contributed by atoms with Crippen LogP contribution in [-0.4, -0.2) is 37.3 Å². The van der Waals surface area contributed by atoms with Crippen molar-refractivity contribution in [1.29, 1.82) is 0 Å². The summed E-state index contributed by atoms with van der Waals surface area (Å²) < 4.78 is 5.21. The third-order valence-electron chi connectivity index (χ3n) is 3.87. The van der Waals surface area contributed by atoms with Crippen LogP contribution in [0.2, 0.25) is 0 Å². The van der Waals surface area contributed by atoms with Crippen LogP contribution in [0.1, 0.15) is 29.8 Å². The Morgan fingerprint density at radius 2 is 1.47 bits per heavy atom. The van der Waals surface area contributed by atoms with Gasteiger partial charge < -0.3 is 26.0 Å². The lowest BCUT2D eigenvalue weighted by molar-refractivity contribution is -0.115. The molecule has 0 aliphatic rings. The fraction of sp³-hybridized carbons (Fsp3) is 0.238. The first-order valence-electron chi connectivity index (χ1n) is 9.11. The van der Waals surface area contributed by atoms with Gasteiger partial charge in [-0.3, -0.25) is 19.2 Å². The van der Waals surface area contributed by atoms with Crippen LogP contribution in [0.3, 0.4) is 0 Å². The Morgan fingerprint density at radius 1 is 0.867 bits per heavy atom. The van der Waals surface area contributed by atoms with Gasteiger partial charge in [-0.05, 0) is 42.8 Å². The molecule has 0 atom stereocenters. The molecule has 2 aromatic carbocycles. The predicted molar refractivity (Wildman–Crippen MR) is 114 cm³/mol. The zero-order valence-corrected chi connectivity index (χ0v) is 17.2. The van der Waals surface area contributed by atoms with Gasteiger partial charge in [0.1, 0.15) is 5.75 Å². The van der Waals surface area contributed by atoms with E-state index in [2.05, 4.69) is 21.3 Å². The minimum Gasteiger partial charge on any atom is -0.495 e. The average molecular weight is 412 g/mol. The molecule has 0 aliphatic carbocycles. The highest BCUT2D eigenvalue weighted by Crippen LogP contribution is 2.25. The summed E-state index contributed by atoms with van der Waals surface area (Å²) in [5.74, 6) is -1.13. The molecule has 4 amide bonds. The monoisotopic (exact) mass is 412 g/mol. The summed E-state index contributed by atoms with van der Waals surface area (Å²) in [7, 11) is 1.50. The van der Waals surface area contributed by atoms with Crippen LogP contribution in [0.5, 0.6) is 5.75 Å². The molecule has 9 heteroatoms. The van der Waals surface area contributed by atoms with Crippen LogP contribution < -0.4 is 26.0 Å². The molecule has 2 rings (SSSR count). The lowest BCUT2D eigenvalue weighted by atomic mass is 10.1. The molecule has 0 unspecified atom stereocenters. The zero-order valence-electron chi connectivity index (χ0n) is 17.2. The zero-order chi connectivity index (χ0) is 22.3. The van der Waals surface area contributed by atoms with Crippen LogP contribution >= 0.6 is 0 Å². The van der Waals surface area contributed by atoms with E-state index in [1.807, 2.05) is 13.0 Å². The maximum absolute atomic E-state index is 12.5. The van der Waals surface area contributed by atoms with Crippen molar-refractivity contribution in [2.75, 3.05) is 29.6 Å². The summed E-state index contributed by atoms with van der Waals surface area (Å²) in [4.78, 5) is 47.4. The molecule has 9 nitrogen and oxygen atoms in total. The van der Waals surface area contributed by atoms with Gasteiger partial charge in [0.15, 0.2) is 0 Å². The standard InChI is InChI=1S/C21H24N4O5/c1-12-5-6-19(30-4)18(7-12)25-20(28)11-22-21(29)15-8-16(23-13(2)26)10-17(9-15)24-14(3)27/h5-10H,11H2,1-4H3,(H,22,29)(H,23,26)(H,24,27)(H,25,28). The third kappa shape index (κ3) is 6.62. The van der Waals surface area contributed by atoms with E-state index in [0.29, 0.717) is 22.8 Å². The quantitative estimate of drug-likeness (QED) is 0.555. The molecule has 0 aliphatic heterocycles. The number of aryl methyl sites for hydroxylation is 1. The molecule has 0 saturated carbocycles. The van der Waals surface area contributed by atoms with E-state index in [1.54, 1.807) is 12.1 Å². The SMILES string of the molecule is COc1ccc(C)cc1NC(=O)CNC(=O)c1cc(NC(C)=O)cc(NC(C)=O)c1. The second kappa shape index (κ2) is 10.1. The third-order valence-corrected chi connectivity index (χ3v) is 3.87. The number of methoxy groups -OCH3 is 1. The van der Waals surface area contributed by atoms with Gasteiger partial charge in [-0.1, -0.05) is 6.07 Å². The van der Waals surface area contributed by atoms with Crippen molar-refractivity contribution < 1.29 is 23.9 Å². The summed E-state index contributed by atoms with van der Waals surface area (Å²) in [6.07, 6.45) is 0. The first-order valence-corrected chi connectivity index (χ1v) is 9.11. The molecular weight excluding hydrogens is 388 g/mol. The van der Waals surface area contributed by atoms with Crippen molar-refractivity contribution >= 4 is 40.7 Å². The lowest BCUT2D eigenvalue weighted by Crippen LogP contribution is -2.33. The van der Waals surface area contributed by atoms with Gasteiger partial charge >= 0.3 is 0 Å². The average Bonchev–Trinajstić information content (AvgIpc) is 2.65. The first kappa shape index (κ1) is 22.4. The molecule has 0 fully saturated rings. The summed E-state index contributed by atoms with van der Waals surface area (Å²) in [5.41, 5.74) is 2.29. The topological polar surface area (TPSA) is 126 Å². The second-order valence-electron chi connectivity index (χ2n) is 6.60. The molecule has 0 spiro atoms. The highest BCUT2D eigenvalue weighted by molar-refractivity contribution is 6.02. The molecule has 0 saturated heterocycles. The minimum absolute atomic E-state index is 0.172. The number of rotatable bonds is 7. The van der Waals surface area contributed by atoms with E-state index in [0.717, 1.165) is 5.56 Å². The molecule has 0 bridgehead atoms. The normalized spacial score (nSPS) is 10.0. The molecule has 0 heterocycles. The number of nitrogens with one attached hydrogen (secondary N) is 4. The molecule has 30 heavy (non-hydrogen) atoms. The van der Waals surface area contributed by atoms with Gasteiger partial charge in [0.2, 0.25) is 17.7 Å². The number of benzene rings is 2. The fourth-order valence-corrected chi connectivity index (χ4v) is 2.69. The first-order chi connectivity index (χ1) is 14.2. The highest BCUT2D eigenvalue weighted by atomic mass is 16.5. The van der Waals surface area contributed by atoms with Gasteiger partial charge in [0.25, 0.3) is 5.91 Å². The van der Waals surface area contributed by atoms with Gasteiger partial charge in [-0.25, -0.2) is 0 Å². The number of carbonyl (C=O) groups is 4. The smallest absolute Gasteiger partial charge is 0.251 e. The van der Waals surface area contributed by atoms with E-state index < -0.39 is 11.8 Å². The van der Waals surface area contributed by atoms with Crippen molar-refractivity contribution in [3.05, 3.63) is 47.5 Å². The highest BCUT2D eigenvalue weighted by Gasteiger charge is 2.13. The molecule has 158 valence electrons. The molecule has 0 aromatic heterocycles. The Morgan fingerprint density at radius 3 is 2.00 bits per heavy atom. The van der Waals surface area contributed by atoms with E-state index in [1.165, 1.54) is 39.2 Å². The van der Waals surface area contributed by atoms with Crippen LogP contribution in [0, 0.1) is 6.92 Å². The molecule has 4 N–H and O–H groups in total. The molecular formula is C21H24N4O5. The summed E-state index contributed by atoms with van der Waals surface area (Å²) in [5, 5.41) is 10.3. The maximum Gasteiger partial charge on any atom is 0.251 e. The van der Waals surface area contributed by atoms with Crippen molar-refractivity contribution in [1.82, 2.24) is 5.32 Å². The number of ether oxygens (including phenoxy) is 1. The Labute approximate surface area is 174 Å². The maximum atomic E-state index is 12.5. The van der Waals surface area contributed by atoms with Gasteiger partial charge in [0, 0.05) is 30.8 Å². The number of hydrogen-bond acceptors (Lipinski definition) is 5. The Kier molecular flexibility index (Phi) is 7.51. The van der Waals surface area contributed by atoms with Crippen LogP contribution in [-0.2, 0) is 14.4 Å². The fourth-order valence-electron chi connectivity index (χ4n) is 2.69. The summed E-state index contributed by atoms with van der Waals surface area (Å²) in [6, 6.07) is 9.77. The summed E-state index contributed by atoms with van der Waals surface area (Å²) >= 11 is 0. The van der Waals surface area contributed by atoms with Crippen LogP contribution in [0.4, 0.5) is 17.1 Å². The van der Waals surface area contributed by atoms with E-state index >= 15 is 0 Å². The second-order valence-corrected chi connectivity index (χ2v) is 6.60. The Bertz CT molecular complexity index is 953. The van der Waals surface area contributed by atoms with E-state index in [9.17, 15) is 19.2 Å². The molecule has 2 aromatic rings. The van der Waals surface area contributed by atoms with Crippen LogP contribution in [0.15, 0.2) is 36.4 Å². The predicted octanol–water partition coefficient (Wildman–Crippen LogP) is 2.29. The van der Waals surface area contributed by atoms with Crippen molar-refractivity contribution in [2.45, 2.75) is 20.8 Å². The van der Waals surface area contributed by atoms with E-state index in [4.69, 9.17) is 4.74 Å². The number of amides is 4. The van der Waals surface area contributed by atoms with Crippen molar-refractivity contribution in [3.8, 4) is 5.75 Å². The van der Waals surface area contributed by atoms with Gasteiger partial charge in [-0.2, -0.15) is 0 Å². The van der Waals surface area contributed by atoms with Crippen LogP contribution in [0.25, 0.3) is 0 Å². The molecule has 0 radical (unpaired) electrons. The summed E-state index contributed by atoms with van der Waals surface area (Å²) in [6.45, 7) is 4.25.